The van der Waals surface area contributed by atoms with Crippen LogP contribution in [0.25, 0.3) is 28.0 Å². The second-order valence-electron chi connectivity index (χ2n) is 7.92. The first-order chi connectivity index (χ1) is 15.7. The molecule has 0 aliphatic heterocycles. The molecule has 0 aliphatic carbocycles. The molecule has 1 N–H and O–H groups in total. The van der Waals surface area contributed by atoms with Crippen molar-refractivity contribution in [2.45, 2.75) is 46.6 Å². The van der Waals surface area contributed by atoms with Crippen LogP contribution in [0.3, 0.4) is 0 Å². The van der Waals surface area contributed by atoms with E-state index in [0.29, 0.717) is 11.5 Å². The van der Waals surface area contributed by atoms with Gasteiger partial charge in [0.2, 0.25) is 0 Å². The summed E-state index contributed by atoms with van der Waals surface area (Å²) in [6, 6.07) is 16.3. The molecule has 6 nitrogen and oxygen atoms in total. The number of pyridine rings is 2. The van der Waals surface area contributed by atoms with Crippen molar-refractivity contribution >= 4 is 16.6 Å². The maximum absolute atomic E-state index is 9.53. The number of aliphatic hydroxyl groups is 1. The Bertz CT molecular complexity index is 1200. The fourth-order valence-corrected chi connectivity index (χ4v) is 4.07. The number of benzene rings is 1. The van der Waals surface area contributed by atoms with Crippen molar-refractivity contribution in [2.24, 2.45) is 0 Å². The predicted molar refractivity (Wildman–Crippen MR) is 130 cm³/mol. The number of aryl methyl sites for hydroxylation is 1. The number of hydrogen-bond acceptors (Lipinski definition) is 5. The van der Waals surface area contributed by atoms with Crippen LogP contribution in [0.2, 0.25) is 0 Å². The number of unbranched alkanes of at least 4 members (excludes halogenated alkanes) is 1. The lowest BCUT2D eigenvalue weighted by Crippen LogP contribution is -2.22. The Morgan fingerprint density at radius 1 is 0.938 bits per heavy atom. The molecule has 1 aromatic carbocycles. The lowest BCUT2D eigenvalue weighted by atomic mass is 10.1. The maximum Gasteiger partial charge on any atom is 0.154 e. The molecule has 0 spiro atoms. The van der Waals surface area contributed by atoms with E-state index in [1.807, 2.05) is 29.1 Å². The summed E-state index contributed by atoms with van der Waals surface area (Å²) >= 11 is 0. The average molecular weight is 430 g/mol. The average Bonchev–Trinajstić information content (AvgIpc) is 3.28. The minimum absolute atomic E-state index is 0.0997. The third-order valence-electron chi connectivity index (χ3n) is 5.83. The predicted octanol–water partition coefficient (Wildman–Crippen LogP) is 5.16. The van der Waals surface area contributed by atoms with Gasteiger partial charge in [0.1, 0.15) is 0 Å². The first-order valence-electron chi connectivity index (χ1n) is 11.5. The van der Waals surface area contributed by atoms with Gasteiger partial charge in [0.25, 0.3) is 0 Å². The number of aromatic nitrogens is 4. The summed E-state index contributed by atoms with van der Waals surface area (Å²) in [6.45, 7) is 8.25. The molecule has 0 radical (unpaired) electrons. The summed E-state index contributed by atoms with van der Waals surface area (Å²) < 4.78 is 1.85. The van der Waals surface area contributed by atoms with E-state index in [2.05, 4.69) is 66.1 Å². The molecule has 0 fully saturated rings. The van der Waals surface area contributed by atoms with Gasteiger partial charge in [-0.15, -0.1) is 0 Å². The molecule has 3 aromatic heterocycles. The van der Waals surface area contributed by atoms with Crippen molar-refractivity contribution in [1.82, 2.24) is 19.7 Å². The Balaban J connectivity index is 1.90. The topological polar surface area (TPSA) is 67.1 Å². The van der Waals surface area contributed by atoms with Gasteiger partial charge < -0.3 is 10.0 Å². The largest absolute Gasteiger partial charge is 0.390 e. The smallest absolute Gasteiger partial charge is 0.154 e. The van der Waals surface area contributed by atoms with Gasteiger partial charge in [-0.1, -0.05) is 25.5 Å². The summed E-state index contributed by atoms with van der Waals surface area (Å²) in [4.78, 5) is 11.9. The van der Waals surface area contributed by atoms with E-state index >= 15 is 0 Å². The fraction of sp³-hybridized carbons (Fsp3) is 0.346. The van der Waals surface area contributed by atoms with Gasteiger partial charge in [0.05, 0.1) is 29.7 Å². The number of nitrogens with zero attached hydrogens (tertiary/aromatic N) is 5. The summed E-state index contributed by atoms with van der Waals surface area (Å²) in [5.41, 5.74) is 5.91. The van der Waals surface area contributed by atoms with E-state index < -0.39 is 0 Å². The van der Waals surface area contributed by atoms with Crippen LogP contribution < -0.4 is 4.90 Å². The van der Waals surface area contributed by atoms with E-state index in [0.717, 1.165) is 65.9 Å². The number of anilines is 1. The highest BCUT2D eigenvalue weighted by Gasteiger charge is 2.16. The molecule has 4 rings (SSSR count). The lowest BCUT2D eigenvalue weighted by Gasteiger charge is -2.23. The molecule has 0 atom stereocenters. The highest BCUT2D eigenvalue weighted by Crippen LogP contribution is 2.34. The molecule has 6 heteroatoms. The Morgan fingerprint density at radius 3 is 2.47 bits per heavy atom. The van der Waals surface area contributed by atoms with Crippen LogP contribution in [0.15, 0.2) is 54.7 Å². The Morgan fingerprint density at radius 2 is 1.72 bits per heavy atom. The zero-order valence-electron chi connectivity index (χ0n) is 19.1. The molecule has 3 heterocycles. The number of fused-ring (bicyclic) bond motifs is 1. The van der Waals surface area contributed by atoms with E-state index in [1.54, 1.807) is 0 Å². The van der Waals surface area contributed by atoms with Gasteiger partial charge in [0, 0.05) is 35.4 Å². The van der Waals surface area contributed by atoms with Crippen molar-refractivity contribution in [2.75, 3.05) is 18.0 Å². The minimum atomic E-state index is -0.0997. The van der Waals surface area contributed by atoms with E-state index in [-0.39, 0.29) is 6.61 Å². The first kappa shape index (κ1) is 22.0. The number of hydrogen-bond donors (Lipinski definition) is 1. The highest BCUT2D eigenvalue weighted by molar-refractivity contribution is 5.96. The van der Waals surface area contributed by atoms with Crippen LogP contribution in [0, 0.1) is 0 Å². The highest BCUT2D eigenvalue weighted by atomic mass is 16.3. The quantitative estimate of drug-likeness (QED) is 0.398. The van der Waals surface area contributed by atoms with E-state index in [9.17, 15) is 5.11 Å². The Hall–Kier alpha value is -3.25. The fourth-order valence-electron chi connectivity index (χ4n) is 4.07. The Kier molecular flexibility index (Phi) is 6.81. The molecular formula is C26H31N5O. The standard InChI is InChI=1S/C26H31N5O/c1-4-7-10-20-11-8-13-23(28-20)19-15-24(30(5-2)6-3)22-17-27-31(25(22)16-19)26-14-9-12-21(18-32)29-26/h8-9,11-17,32H,4-7,10,18H2,1-3H3. The zero-order valence-corrected chi connectivity index (χ0v) is 19.1. The van der Waals surface area contributed by atoms with Crippen molar-refractivity contribution in [3.05, 3.63) is 66.1 Å². The van der Waals surface area contributed by atoms with Crippen LogP contribution in [0.4, 0.5) is 5.69 Å². The van der Waals surface area contributed by atoms with Gasteiger partial charge in [-0.05, 0) is 63.1 Å². The monoisotopic (exact) mass is 429 g/mol. The van der Waals surface area contributed by atoms with E-state index in [1.165, 1.54) is 0 Å². The van der Waals surface area contributed by atoms with E-state index in [4.69, 9.17) is 4.98 Å². The minimum Gasteiger partial charge on any atom is -0.390 e. The molecule has 0 saturated carbocycles. The SMILES string of the molecule is CCCCc1cccc(-c2cc(N(CC)CC)c3cnn(-c4cccc(CO)n4)c3c2)n1. The van der Waals surface area contributed by atoms with Crippen LogP contribution in [-0.4, -0.2) is 37.9 Å². The maximum atomic E-state index is 9.53. The molecule has 166 valence electrons. The third-order valence-corrected chi connectivity index (χ3v) is 5.83. The number of aliphatic hydroxyl groups excluding tert-OH is 1. The molecule has 0 unspecified atom stereocenters. The van der Waals surface area contributed by atoms with Crippen molar-refractivity contribution in [3.8, 4) is 17.1 Å². The first-order valence-corrected chi connectivity index (χ1v) is 11.5. The van der Waals surface area contributed by atoms with Crippen LogP contribution >= 0.6 is 0 Å². The lowest BCUT2D eigenvalue weighted by molar-refractivity contribution is 0.276. The second-order valence-corrected chi connectivity index (χ2v) is 7.92. The molecular weight excluding hydrogens is 398 g/mol. The summed E-state index contributed by atoms with van der Waals surface area (Å²) in [6.07, 6.45) is 5.19. The summed E-state index contributed by atoms with van der Waals surface area (Å²) in [5, 5.41) is 15.3. The van der Waals surface area contributed by atoms with Crippen LogP contribution in [-0.2, 0) is 13.0 Å². The van der Waals surface area contributed by atoms with Crippen LogP contribution in [0.1, 0.15) is 45.0 Å². The van der Waals surface area contributed by atoms with Gasteiger partial charge in [-0.2, -0.15) is 5.10 Å². The molecule has 4 aromatic rings. The molecule has 32 heavy (non-hydrogen) atoms. The molecule has 0 saturated heterocycles. The van der Waals surface area contributed by atoms with Crippen molar-refractivity contribution in [3.63, 3.8) is 0 Å². The second kappa shape index (κ2) is 9.92. The Labute approximate surface area is 189 Å². The van der Waals surface area contributed by atoms with Gasteiger partial charge in [-0.3, -0.25) is 4.98 Å². The molecule has 0 bridgehead atoms. The molecule has 0 aliphatic rings. The normalized spacial score (nSPS) is 11.2. The van der Waals surface area contributed by atoms with Crippen LogP contribution in [0.5, 0.6) is 0 Å². The third kappa shape index (κ3) is 4.36. The number of rotatable bonds is 9. The van der Waals surface area contributed by atoms with Gasteiger partial charge in [-0.25, -0.2) is 9.67 Å². The van der Waals surface area contributed by atoms with Gasteiger partial charge in [0.15, 0.2) is 5.82 Å². The van der Waals surface area contributed by atoms with Gasteiger partial charge >= 0.3 is 0 Å². The van der Waals surface area contributed by atoms with Crippen molar-refractivity contribution < 1.29 is 5.11 Å². The summed E-state index contributed by atoms with van der Waals surface area (Å²) in [5.74, 6) is 0.693. The molecule has 0 amide bonds. The zero-order chi connectivity index (χ0) is 22.5. The van der Waals surface area contributed by atoms with Crippen molar-refractivity contribution in [1.29, 1.82) is 0 Å². The summed E-state index contributed by atoms with van der Waals surface area (Å²) in [7, 11) is 0.